The minimum absolute atomic E-state index is 0.652. The van der Waals surface area contributed by atoms with Gasteiger partial charge in [-0.15, -0.1) is 5.11 Å². The Bertz CT molecular complexity index is 754. The van der Waals surface area contributed by atoms with E-state index in [0.717, 1.165) is 22.1 Å². The average molecular weight is 263 g/mol. The van der Waals surface area contributed by atoms with Gasteiger partial charge in [-0.25, -0.2) is 0 Å². The van der Waals surface area contributed by atoms with Gasteiger partial charge in [0.15, 0.2) is 0 Å². The normalized spacial score (nSPS) is 11.1. The van der Waals surface area contributed by atoms with Crippen molar-refractivity contribution in [3.63, 3.8) is 0 Å². The molecule has 0 aliphatic heterocycles. The van der Waals surface area contributed by atoms with E-state index in [1.807, 2.05) is 60.7 Å². The fourth-order valence-electron chi connectivity index (χ4n) is 2.07. The molecule has 0 aliphatic rings. The Morgan fingerprint density at radius 2 is 1.40 bits per heavy atom. The van der Waals surface area contributed by atoms with Crippen LogP contribution in [0.4, 0.5) is 17.1 Å². The van der Waals surface area contributed by atoms with E-state index < -0.39 is 0 Å². The summed E-state index contributed by atoms with van der Waals surface area (Å²) >= 11 is 0. The summed E-state index contributed by atoms with van der Waals surface area (Å²) < 4.78 is 0. The van der Waals surface area contributed by atoms with Crippen molar-refractivity contribution in [2.24, 2.45) is 10.2 Å². The first-order valence-electron chi connectivity index (χ1n) is 6.27. The number of nitrogens with one attached hydrogen (secondary N) is 1. The van der Waals surface area contributed by atoms with E-state index in [9.17, 15) is 0 Å². The molecular formula is C16H13N3O. The van der Waals surface area contributed by atoms with Gasteiger partial charge in [0, 0.05) is 10.8 Å². The van der Waals surface area contributed by atoms with Gasteiger partial charge in [0.2, 0.25) is 0 Å². The fraction of sp³-hybridized carbons (Fsp3) is 0. The maximum atomic E-state index is 9.13. The summed E-state index contributed by atoms with van der Waals surface area (Å²) in [5.41, 5.74) is 4.42. The predicted octanol–water partition coefficient (Wildman–Crippen LogP) is 5.06. The SMILES string of the molecule is ONc1ccc(/N=N/c2ccccc2)c2ccccc12. The molecule has 0 spiro atoms. The lowest BCUT2D eigenvalue weighted by atomic mass is 10.1. The Hall–Kier alpha value is -2.72. The van der Waals surface area contributed by atoms with Gasteiger partial charge in [-0.2, -0.15) is 5.11 Å². The molecule has 0 unspecified atom stereocenters. The third kappa shape index (κ3) is 2.37. The number of hydrogen-bond acceptors (Lipinski definition) is 4. The van der Waals surface area contributed by atoms with Crippen molar-refractivity contribution in [3.05, 3.63) is 66.7 Å². The first-order valence-corrected chi connectivity index (χ1v) is 6.27. The third-order valence-electron chi connectivity index (χ3n) is 3.05. The van der Waals surface area contributed by atoms with Crippen LogP contribution in [0.5, 0.6) is 0 Å². The number of azo groups is 1. The van der Waals surface area contributed by atoms with Crippen molar-refractivity contribution in [2.75, 3.05) is 5.48 Å². The number of hydrogen-bond donors (Lipinski definition) is 2. The molecule has 3 aromatic rings. The van der Waals surface area contributed by atoms with Crippen LogP contribution in [0.25, 0.3) is 10.8 Å². The largest absolute Gasteiger partial charge is 0.291 e. The molecule has 3 aromatic carbocycles. The van der Waals surface area contributed by atoms with Gasteiger partial charge in [0.25, 0.3) is 0 Å². The van der Waals surface area contributed by atoms with Crippen LogP contribution in [0.15, 0.2) is 77.0 Å². The van der Waals surface area contributed by atoms with Crippen LogP contribution >= 0.6 is 0 Å². The smallest absolute Gasteiger partial charge is 0.0936 e. The van der Waals surface area contributed by atoms with E-state index in [-0.39, 0.29) is 0 Å². The van der Waals surface area contributed by atoms with E-state index in [0.29, 0.717) is 5.69 Å². The van der Waals surface area contributed by atoms with E-state index in [1.165, 1.54) is 0 Å². The van der Waals surface area contributed by atoms with Crippen molar-refractivity contribution in [2.45, 2.75) is 0 Å². The molecule has 2 N–H and O–H groups in total. The minimum Gasteiger partial charge on any atom is -0.291 e. The number of nitrogens with zero attached hydrogens (tertiary/aromatic N) is 2. The van der Waals surface area contributed by atoms with Crippen molar-refractivity contribution in [3.8, 4) is 0 Å². The minimum atomic E-state index is 0.652. The molecule has 0 amide bonds. The maximum absolute atomic E-state index is 9.13. The van der Waals surface area contributed by atoms with Crippen LogP contribution in [0.1, 0.15) is 0 Å². The molecule has 0 atom stereocenters. The first kappa shape index (κ1) is 12.3. The molecule has 0 aromatic heterocycles. The van der Waals surface area contributed by atoms with Crippen LogP contribution in [-0.2, 0) is 0 Å². The Balaban J connectivity index is 2.07. The van der Waals surface area contributed by atoms with Crippen LogP contribution in [0.3, 0.4) is 0 Å². The fourth-order valence-corrected chi connectivity index (χ4v) is 2.07. The summed E-state index contributed by atoms with van der Waals surface area (Å²) in [5.74, 6) is 0. The van der Waals surface area contributed by atoms with Gasteiger partial charge in [-0.1, -0.05) is 42.5 Å². The molecular weight excluding hydrogens is 250 g/mol. The monoisotopic (exact) mass is 263 g/mol. The molecule has 4 heteroatoms. The van der Waals surface area contributed by atoms with Crippen LogP contribution in [0, 0.1) is 0 Å². The molecule has 0 fully saturated rings. The zero-order valence-electron chi connectivity index (χ0n) is 10.7. The maximum Gasteiger partial charge on any atom is 0.0936 e. The molecule has 0 saturated heterocycles. The predicted molar refractivity (Wildman–Crippen MR) is 80.0 cm³/mol. The van der Waals surface area contributed by atoms with Gasteiger partial charge in [-0.05, 0) is 24.3 Å². The highest BCUT2D eigenvalue weighted by atomic mass is 16.5. The Labute approximate surface area is 116 Å². The van der Waals surface area contributed by atoms with Crippen molar-refractivity contribution < 1.29 is 5.21 Å². The third-order valence-corrected chi connectivity index (χ3v) is 3.05. The van der Waals surface area contributed by atoms with Crippen molar-refractivity contribution >= 4 is 27.8 Å². The molecule has 98 valence electrons. The number of fused-ring (bicyclic) bond motifs is 1. The second-order valence-corrected chi connectivity index (χ2v) is 4.33. The van der Waals surface area contributed by atoms with E-state index in [2.05, 4.69) is 15.7 Å². The summed E-state index contributed by atoms with van der Waals surface area (Å²) in [4.78, 5) is 0. The quantitative estimate of drug-likeness (QED) is 0.512. The number of benzene rings is 3. The molecule has 3 rings (SSSR count). The molecule has 0 heterocycles. The molecule has 0 radical (unpaired) electrons. The van der Waals surface area contributed by atoms with Crippen molar-refractivity contribution in [1.29, 1.82) is 0 Å². The summed E-state index contributed by atoms with van der Waals surface area (Å²) in [5, 5.41) is 19.5. The lowest BCUT2D eigenvalue weighted by Crippen LogP contribution is -1.89. The van der Waals surface area contributed by atoms with Gasteiger partial charge < -0.3 is 0 Å². The summed E-state index contributed by atoms with van der Waals surface area (Å²) in [6.45, 7) is 0. The highest BCUT2D eigenvalue weighted by molar-refractivity contribution is 6.00. The highest BCUT2D eigenvalue weighted by Gasteiger charge is 2.04. The number of anilines is 1. The second-order valence-electron chi connectivity index (χ2n) is 4.33. The van der Waals surface area contributed by atoms with Gasteiger partial charge in [0.05, 0.1) is 17.1 Å². The van der Waals surface area contributed by atoms with E-state index in [1.54, 1.807) is 6.07 Å². The van der Waals surface area contributed by atoms with Gasteiger partial charge in [0.1, 0.15) is 0 Å². The lowest BCUT2D eigenvalue weighted by Gasteiger charge is -2.06. The summed E-state index contributed by atoms with van der Waals surface area (Å²) in [7, 11) is 0. The number of rotatable bonds is 3. The molecule has 20 heavy (non-hydrogen) atoms. The summed E-state index contributed by atoms with van der Waals surface area (Å²) in [6.07, 6.45) is 0. The second kappa shape index (κ2) is 5.50. The van der Waals surface area contributed by atoms with Gasteiger partial charge >= 0.3 is 0 Å². The Kier molecular flexibility index (Phi) is 3.39. The van der Waals surface area contributed by atoms with E-state index in [4.69, 9.17) is 5.21 Å². The van der Waals surface area contributed by atoms with Crippen LogP contribution < -0.4 is 5.48 Å². The standard InChI is InChI=1S/C16H13N3O/c20-19-16-11-10-15(13-8-4-5-9-14(13)16)18-17-12-6-2-1-3-7-12/h1-11,19-20H/b18-17+. The zero-order valence-corrected chi connectivity index (χ0v) is 10.7. The molecule has 4 nitrogen and oxygen atoms in total. The average Bonchev–Trinajstić information content (AvgIpc) is 2.53. The summed E-state index contributed by atoms with van der Waals surface area (Å²) in [6, 6.07) is 20.9. The zero-order chi connectivity index (χ0) is 13.8. The van der Waals surface area contributed by atoms with Gasteiger partial charge in [-0.3, -0.25) is 10.7 Å². The van der Waals surface area contributed by atoms with Crippen LogP contribution in [0.2, 0.25) is 0 Å². The molecule has 0 bridgehead atoms. The molecule has 0 aliphatic carbocycles. The molecule has 0 saturated carbocycles. The van der Waals surface area contributed by atoms with Crippen LogP contribution in [-0.4, -0.2) is 5.21 Å². The Morgan fingerprint density at radius 1 is 0.700 bits per heavy atom. The lowest BCUT2D eigenvalue weighted by molar-refractivity contribution is 0.390. The first-order chi connectivity index (χ1) is 9.88. The van der Waals surface area contributed by atoms with E-state index >= 15 is 0 Å². The Morgan fingerprint density at radius 3 is 2.15 bits per heavy atom. The highest BCUT2D eigenvalue weighted by Crippen LogP contribution is 2.32. The topological polar surface area (TPSA) is 57.0 Å². The van der Waals surface area contributed by atoms with Crippen molar-refractivity contribution in [1.82, 2.24) is 0 Å².